The lowest BCUT2D eigenvalue weighted by Crippen LogP contribution is -2.15. The van der Waals surface area contributed by atoms with E-state index < -0.39 is 28.9 Å². The molecule has 0 unspecified atom stereocenters. The molecule has 8 nitrogen and oxygen atoms in total. The molecule has 33 heavy (non-hydrogen) atoms. The van der Waals surface area contributed by atoms with E-state index in [0.29, 0.717) is 9.47 Å². The molecule has 3 aromatic rings. The van der Waals surface area contributed by atoms with E-state index in [1.807, 2.05) is 0 Å². The van der Waals surface area contributed by atoms with Gasteiger partial charge >= 0.3 is 12.1 Å². The third-order valence-corrected chi connectivity index (χ3v) is 6.42. The minimum Gasteiger partial charge on any atom is -0.464 e. The van der Waals surface area contributed by atoms with Crippen LogP contribution in [0.3, 0.4) is 0 Å². The molecule has 1 N–H and O–H groups in total. The zero-order valence-electron chi connectivity index (χ0n) is 16.5. The number of ether oxygens (including phenoxy) is 1. The SMILES string of the molecule is O=C(Oc1coc(CSc2nnc(NC(=O)C3CC3)s2)cc1=O)c1ccc(C(F)(F)F)cc1. The van der Waals surface area contributed by atoms with Crippen molar-refractivity contribution in [2.45, 2.75) is 29.1 Å². The summed E-state index contributed by atoms with van der Waals surface area (Å²) in [6, 6.07) is 4.55. The normalized spacial score (nSPS) is 13.5. The number of anilines is 1. The van der Waals surface area contributed by atoms with Crippen LogP contribution in [0, 0.1) is 5.92 Å². The van der Waals surface area contributed by atoms with Crippen molar-refractivity contribution in [2.24, 2.45) is 5.92 Å². The zero-order valence-corrected chi connectivity index (χ0v) is 18.2. The molecule has 0 aliphatic heterocycles. The molecule has 0 spiro atoms. The summed E-state index contributed by atoms with van der Waals surface area (Å²) in [6.07, 6.45) is -1.82. The maximum Gasteiger partial charge on any atom is 0.416 e. The number of esters is 1. The van der Waals surface area contributed by atoms with Gasteiger partial charge < -0.3 is 14.5 Å². The molecule has 13 heteroatoms. The zero-order chi connectivity index (χ0) is 23.6. The molecule has 1 amide bonds. The number of hydrogen-bond donors (Lipinski definition) is 1. The summed E-state index contributed by atoms with van der Waals surface area (Å²) < 4.78 is 48.7. The number of aromatic nitrogens is 2. The number of alkyl halides is 3. The smallest absolute Gasteiger partial charge is 0.416 e. The average molecular weight is 497 g/mol. The minimum absolute atomic E-state index is 0.0474. The van der Waals surface area contributed by atoms with Crippen LogP contribution in [0.25, 0.3) is 0 Å². The van der Waals surface area contributed by atoms with E-state index in [-0.39, 0.29) is 28.9 Å². The van der Waals surface area contributed by atoms with E-state index >= 15 is 0 Å². The second-order valence-corrected chi connectivity index (χ2v) is 9.16. The highest BCUT2D eigenvalue weighted by molar-refractivity contribution is 8.00. The Morgan fingerprint density at radius 2 is 1.94 bits per heavy atom. The van der Waals surface area contributed by atoms with Crippen molar-refractivity contribution >= 4 is 40.1 Å². The van der Waals surface area contributed by atoms with Gasteiger partial charge in [-0.25, -0.2) is 4.79 Å². The maximum atomic E-state index is 12.6. The quantitative estimate of drug-likeness (QED) is 0.291. The Hall–Kier alpha value is -3.19. The van der Waals surface area contributed by atoms with Gasteiger partial charge in [0.15, 0.2) is 4.34 Å². The Morgan fingerprint density at radius 3 is 2.58 bits per heavy atom. The van der Waals surface area contributed by atoms with Crippen LogP contribution in [0.4, 0.5) is 18.3 Å². The Balaban J connectivity index is 1.33. The number of thioether (sulfide) groups is 1. The van der Waals surface area contributed by atoms with Gasteiger partial charge in [0.05, 0.1) is 16.9 Å². The van der Waals surface area contributed by atoms with E-state index in [4.69, 9.17) is 9.15 Å². The van der Waals surface area contributed by atoms with Gasteiger partial charge in [-0.05, 0) is 37.1 Å². The number of amides is 1. The average Bonchev–Trinajstić information content (AvgIpc) is 3.54. The topological polar surface area (TPSA) is 111 Å². The Labute approximate surface area is 192 Å². The summed E-state index contributed by atoms with van der Waals surface area (Å²) in [5.74, 6) is -0.907. The molecule has 4 rings (SSSR count). The number of halogens is 3. The molecule has 1 aliphatic rings. The van der Waals surface area contributed by atoms with Crippen molar-refractivity contribution < 1.29 is 31.9 Å². The highest BCUT2D eigenvalue weighted by Gasteiger charge is 2.31. The molecule has 2 heterocycles. The minimum atomic E-state index is -4.53. The van der Waals surface area contributed by atoms with Gasteiger partial charge in [-0.15, -0.1) is 10.2 Å². The van der Waals surface area contributed by atoms with Crippen LogP contribution in [-0.2, 0) is 16.7 Å². The Kier molecular flexibility index (Phi) is 6.51. The standard InChI is InChI=1S/C20H14F3N3O5S2/c21-20(22,23)12-5-3-11(4-6-12)17(29)31-15-8-30-13(7-14(15)27)9-32-19-26-25-18(33-19)24-16(28)10-1-2-10/h3-8,10H,1-2,9H2,(H,24,25,28). The van der Waals surface area contributed by atoms with Crippen molar-refractivity contribution in [3.8, 4) is 5.75 Å². The van der Waals surface area contributed by atoms with E-state index in [2.05, 4.69) is 15.5 Å². The van der Waals surface area contributed by atoms with Gasteiger partial charge in [-0.1, -0.05) is 23.1 Å². The largest absolute Gasteiger partial charge is 0.464 e. The van der Waals surface area contributed by atoms with Crippen molar-refractivity contribution in [1.82, 2.24) is 10.2 Å². The lowest BCUT2D eigenvalue weighted by atomic mass is 10.1. The van der Waals surface area contributed by atoms with E-state index in [1.54, 1.807) is 0 Å². The predicted octanol–water partition coefficient (Wildman–Crippen LogP) is 4.37. The molecule has 0 atom stereocenters. The Bertz CT molecular complexity index is 1240. The fourth-order valence-electron chi connectivity index (χ4n) is 2.55. The number of hydrogen-bond acceptors (Lipinski definition) is 9. The number of nitrogens with one attached hydrogen (secondary N) is 1. The van der Waals surface area contributed by atoms with E-state index in [1.165, 1.54) is 23.1 Å². The first kappa shape index (κ1) is 23.0. The summed E-state index contributed by atoms with van der Waals surface area (Å²) in [7, 11) is 0. The van der Waals surface area contributed by atoms with Gasteiger partial charge in [0.1, 0.15) is 12.0 Å². The summed E-state index contributed by atoms with van der Waals surface area (Å²) in [6.45, 7) is 0. The van der Waals surface area contributed by atoms with Crippen molar-refractivity contribution in [1.29, 1.82) is 0 Å². The maximum absolute atomic E-state index is 12.6. The summed E-state index contributed by atoms with van der Waals surface area (Å²) in [5.41, 5.74) is -1.69. The van der Waals surface area contributed by atoms with E-state index in [0.717, 1.165) is 49.4 Å². The van der Waals surface area contributed by atoms with Crippen LogP contribution >= 0.6 is 23.1 Å². The lowest BCUT2D eigenvalue weighted by Gasteiger charge is -2.07. The van der Waals surface area contributed by atoms with Gasteiger partial charge in [0.2, 0.25) is 22.2 Å². The van der Waals surface area contributed by atoms with Crippen LogP contribution < -0.4 is 15.5 Å². The van der Waals surface area contributed by atoms with Crippen LogP contribution in [0.5, 0.6) is 5.75 Å². The molecule has 1 fully saturated rings. The van der Waals surface area contributed by atoms with E-state index in [9.17, 15) is 27.6 Å². The summed E-state index contributed by atoms with van der Waals surface area (Å²) in [5, 5.41) is 10.9. The van der Waals surface area contributed by atoms with Crippen molar-refractivity contribution in [3.05, 3.63) is 63.7 Å². The third-order valence-electron chi connectivity index (χ3n) is 4.43. The Morgan fingerprint density at radius 1 is 1.21 bits per heavy atom. The second kappa shape index (κ2) is 9.35. The number of rotatable bonds is 7. The number of carbonyl (C=O) groups excluding carboxylic acids is 2. The fourth-order valence-corrected chi connectivity index (χ4v) is 4.19. The first-order chi connectivity index (χ1) is 15.7. The highest BCUT2D eigenvalue weighted by atomic mass is 32.2. The lowest BCUT2D eigenvalue weighted by molar-refractivity contribution is -0.137. The molecule has 1 aliphatic carbocycles. The first-order valence-electron chi connectivity index (χ1n) is 9.47. The number of nitrogens with zero attached hydrogens (tertiary/aromatic N) is 2. The molecular weight excluding hydrogens is 483 g/mol. The van der Waals surface area contributed by atoms with Gasteiger partial charge in [0, 0.05) is 12.0 Å². The second-order valence-electron chi connectivity index (χ2n) is 6.96. The van der Waals surface area contributed by atoms with Crippen LogP contribution in [0.15, 0.2) is 50.1 Å². The van der Waals surface area contributed by atoms with Crippen molar-refractivity contribution in [2.75, 3.05) is 5.32 Å². The van der Waals surface area contributed by atoms with Crippen LogP contribution in [0.1, 0.15) is 34.5 Å². The van der Waals surface area contributed by atoms with Gasteiger partial charge in [-0.2, -0.15) is 13.2 Å². The monoisotopic (exact) mass is 497 g/mol. The van der Waals surface area contributed by atoms with Crippen LogP contribution in [0.2, 0.25) is 0 Å². The fraction of sp³-hybridized carbons (Fsp3) is 0.250. The highest BCUT2D eigenvalue weighted by Crippen LogP contribution is 2.33. The molecule has 1 saturated carbocycles. The van der Waals surface area contributed by atoms with Gasteiger partial charge in [0.25, 0.3) is 0 Å². The molecule has 0 bridgehead atoms. The molecule has 0 radical (unpaired) electrons. The number of carbonyl (C=O) groups is 2. The molecule has 2 aromatic heterocycles. The summed E-state index contributed by atoms with van der Waals surface area (Å²) >= 11 is 2.43. The van der Waals surface area contributed by atoms with Crippen molar-refractivity contribution in [3.63, 3.8) is 0 Å². The molecule has 172 valence electrons. The van der Waals surface area contributed by atoms with Gasteiger partial charge in [-0.3, -0.25) is 9.59 Å². The molecule has 1 aromatic carbocycles. The summed E-state index contributed by atoms with van der Waals surface area (Å²) in [4.78, 5) is 36.1. The van der Waals surface area contributed by atoms with Crippen LogP contribution in [-0.4, -0.2) is 22.1 Å². The predicted molar refractivity (Wildman–Crippen MR) is 112 cm³/mol. The third kappa shape index (κ3) is 5.99. The first-order valence-corrected chi connectivity index (χ1v) is 11.3. The molecule has 0 saturated heterocycles. The molecular formula is C20H14F3N3O5S2. The number of benzene rings is 1.